The minimum atomic E-state index is 0.166. The summed E-state index contributed by atoms with van der Waals surface area (Å²) in [6.07, 6.45) is 2.20. The summed E-state index contributed by atoms with van der Waals surface area (Å²) in [7, 11) is 0. The first-order valence-electron chi connectivity index (χ1n) is 4.21. The van der Waals surface area contributed by atoms with Gasteiger partial charge in [0.1, 0.15) is 5.78 Å². The standard InChI is InChI=1S/C9H13BrO/c1-9(2)5-3-6(9)8(11)7(10)4-5/h5-7H,3-4H2,1-2H3/t5-,6+,7-/m1/s1. The molecule has 3 aliphatic carbocycles. The molecule has 0 aliphatic heterocycles. The molecule has 3 rings (SSSR count). The molecule has 3 atom stereocenters. The highest BCUT2D eigenvalue weighted by Crippen LogP contribution is 2.58. The van der Waals surface area contributed by atoms with E-state index in [-0.39, 0.29) is 4.83 Å². The summed E-state index contributed by atoms with van der Waals surface area (Å²) in [5.41, 5.74) is 0.307. The Morgan fingerprint density at radius 3 is 2.45 bits per heavy atom. The molecule has 0 amide bonds. The SMILES string of the molecule is CC1(C)[C@H]2C[C@@H](Br)C(=O)[C@@H]1C2. The van der Waals surface area contributed by atoms with Crippen LogP contribution in [0.5, 0.6) is 0 Å². The fourth-order valence-electron chi connectivity index (χ4n) is 2.48. The zero-order chi connectivity index (χ0) is 8.22. The van der Waals surface area contributed by atoms with Crippen LogP contribution in [0.1, 0.15) is 26.7 Å². The number of hydrogen-bond acceptors (Lipinski definition) is 1. The lowest BCUT2D eigenvalue weighted by Crippen LogP contribution is -2.56. The highest BCUT2D eigenvalue weighted by molar-refractivity contribution is 9.10. The van der Waals surface area contributed by atoms with Crippen molar-refractivity contribution in [3.8, 4) is 0 Å². The topological polar surface area (TPSA) is 17.1 Å². The molecule has 0 radical (unpaired) electrons. The van der Waals surface area contributed by atoms with E-state index >= 15 is 0 Å². The normalized spacial score (nSPS) is 46.8. The van der Waals surface area contributed by atoms with Gasteiger partial charge < -0.3 is 0 Å². The average Bonchev–Trinajstić information content (AvgIpc) is 1.93. The zero-order valence-electron chi connectivity index (χ0n) is 6.93. The van der Waals surface area contributed by atoms with Crippen LogP contribution in [-0.4, -0.2) is 10.6 Å². The van der Waals surface area contributed by atoms with Crippen molar-refractivity contribution < 1.29 is 4.79 Å². The van der Waals surface area contributed by atoms with Crippen LogP contribution in [0, 0.1) is 17.3 Å². The van der Waals surface area contributed by atoms with Crippen LogP contribution in [0.3, 0.4) is 0 Å². The van der Waals surface area contributed by atoms with E-state index in [9.17, 15) is 4.79 Å². The van der Waals surface area contributed by atoms with Gasteiger partial charge in [0.25, 0.3) is 0 Å². The van der Waals surface area contributed by atoms with Gasteiger partial charge in [0.15, 0.2) is 0 Å². The Bertz CT molecular complexity index is 210. The van der Waals surface area contributed by atoms with Crippen LogP contribution in [-0.2, 0) is 4.79 Å². The predicted molar refractivity (Wildman–Crippen MR) is 47.7 cm³/mol. The number of Topliss-reactive ketones (excluding diaryl/α,β-unsaturated/α-hetero) is 1. The summed E-state index contributed by atoms with van der Waals surface area (Å²) in [4.78, 5) is 11.7. The summed E-state index contributed by atoms with van der Waals surface area (Å²) in [6.45, 7) is 4.45. The van der Waals surface area contributed by atoms with Crippen molar-refractivity contribution in [2.24, 2.45) is 17.3 Å². The third-order valence-corrected chi connectivity index (χ3v) is 4.44. The lowest BCUT2D eigenvalue weighted by molar-refractivity contribution is -0.146. The Hall–Kier alpha value is 0.150. The van der Waals surface area contributed by atoms with Crippen LogP contribution in [0.25, 0.3) is 0 Å². The molecule has 2 bridgehead atoms. The molecule has 1 nitrogen and oxygen atoms in total. The second kappa shape index (κ2) is 2.09. The summed E-state index contributed by atoms with van der Waals surface area (Å²) < 4.78 is 0. The minimum Gasteiger partial charge on any atom is -0.298 e. The summed E-state index contributed by atoms with van der Waals surface area (Å²) in [6, 6.07) is 0. The van der Waals surface area contributed by atoms with Crippen molar-refractivity contribution in [2.45, 2.75) is 31.5 Å². The molecule has 0 heterocycles. The van der Waals surface area contributed by atoms with E-state index in [0.717, 1.165) is 18.8 Å². The van der Waals surface area contributed by atoms with E-state index < -0.39 is 0 Å². The van der Waals surface area contributed by atoms with Crippen LogP contribution < -0.4 is 0 Å². The van der Waals surface area contributed by atoms with Crippen LogP contribution in [0.2, 0.25) is 0 Å². The molecule has 3 saturated carbocycles. The molecule has 0 N–H and O–H groups in total. The lowest BCUT2D eigenvalue weighted by atomic mass is 9.48. The molecule has 0 aromatic heterocycles. The molecular formula is C9H13BrO. The Morgan fingerprint density at radius 2 is 2.09 bits per heavy atom. The van der Waals surface area contributed by atoms with E-state index in [4.69, 9.17) is 0 Å². The van der Waals surface area contributed by atoms with Gasteiger partial charge in [-0.2, -0.15) is 0 Å². The van der Waals surface area contributed by atoms with E-state index in [1.165, 1.54) is 0 Å². The van der Waals surface area contributed by atoms with Gasteiger partial charge in [0, 0.05) is 5.92 Å². The van der Waals surface area contributed by atoms with Crippen LogP contribution in [0.4, 0.5) is 0 Å². The molecule has 0 aromatic carbocycles. The van der Waals surface area contributed by atoms with Crippen molar-refractivity contribution in [3.05, 3.63) is 0 Å². The Labute approximate surface area is 75.7 Å². The maximum Gasteiger partial charge on any atom is 0.150 e. The number of carbonyl (C=O) groups excluding carboxylic acids is 1. The molecule has 3 fully saturated rings. The van der Waals surface area contributed by atoms with E-state index in [1.807, 2.05) is 0 Å². The van der Waals surface area contributed by atoms with Gasteiger partial charge in [-0.3, -0.25) is 4.79 Å². The molecule has 2 heteroatoms. The number of halogens is 1. The van der Waals surface area contributed by atoms with Gasteiger partial charge in [-0.1, -0.05) is 29.8 Å². The number of rotatable bonds is 0. The van der Waals surface area contributed by atoms with Gasteiger partial charge in [-0.25, -0.2) is 0 Å². The Kier molecular flexibility index (Phi) is 1.48. The molecule has 62 valence electrons. The number of fused-ring (bicyclic) bond motifs is 2. The summed E-state index contributed by atoms with van der Waals surface area (Å²) in [5, 5.41) is 0. The minimum absolute atomic E-state index is 0.166. The van der Waals surface area contributed by atoms with Crippen molar-refractivity contribution in [2.75, 3.05) is 0 Å². The third kappa shape index (κ3) is 0.851. The van der Waals surface area contributed by atoms with E-state index in [1.54, 1.807) is 0 Å². The summed E-state index contributed by atoms with van der Waals surface area (Å²) in [5.74, 6) is 1.58. The molecule has 0 unspecified atom stereocenters. The Balaban J connectivity index is 2.23. The first kappa shape index (κ1) is 7.78. The van der Waals surface area contributed by atoms with Crippen molar-refractivity contribution in [1.29, 1.82) is 0 Å². The maximum absolute atomic E-state index is 11.5. The zero-order valence-corrected chi connectivity index (χ0v) is 8.52. The number of hydrogen-bond donors (Lipinski definition) is 0. The fraction of sp³-hybridized carbons (Fsp3) is 0.889. The van der Waals surface area contributed by atoms with Crippen molar-refractivity contribution in [1.82, 2.24) is 0 Å². The van der Waals surface area contributed by atoms with Gasteiger partial charge in [-0.05, 0) is 24.2 Å². The molecule has 0 saturated heterocycles. The van der Waals surface area contributed by atoms with Gasteiger partial charge >= 0.3 is 0 Å². The average molecular weight is 217 g/mol. The lowest BCUT2D eigenvalue weighted by Gasteiger charge is -2.56. The van der Waals surface area contributed by atoms with E-state index in [2.05, 4.69) is 29.8 Å². The number of alkyl halides is 1. The molecule has 3 aliphatic rings. The molecular weight excluding hydrogens is 204 g/mol. The van der Waals surface area contributed by atoms with Crippen LogP contribution >= 0.6 is 15.9 Å². The van der Waals surface area contributed by atoms with Gasteiger partial charge in [-0.15, -0.1) is 0 Å². The first-order chi connectivity index (χ1) is 5.03. The highest BCUT2D eigenvalue weighted by Gasteiger charge is 2.56. The number of carbonyl (C=O) groups is 1. The molecule has 0 spiro atoms. The monoisotopic (exact) mass is 216 g/mol. The van der Waals surface area contributed by atoms with Crippen molar-refractivity contribution >= 4 is 21.7 Å². The second-order valence-corrected chi connectivity index (χ2v) is 5.52. The summed E-state index contributed by atoms with van der Waals surface area (Å²) >= 11 is 3.43. The second-order valence-electron chi connectivity index (χ2n) is 4.41. The maximum atomic E-state index is 11.5. The highest BCUT2D eigenvalue weighted by atomic mass is 79.9. The number of ketones is 1. The first-order valence-corrected chi connectivity index (χ1v) is 5.13. The quantitative estimate of drug-likeness (QED) is 0.569. The van der Waals surface area contributed by atoms with E-state index in [0.29, 0.717) is 17.1 Å². The van der Waals surface area contributed by atoms with Crippen molar-refractivity contribution in [3.63, 3.8) is 0 Å². The van der Waals surface area contributed by atoms with Crippen LogP contribution in [0.15, 0.2) is 0 Å². The van der Waals surface area contributed by atoms with Gasteiger partial charge in [0.05, 0.1) is 4.83 Å². The molecule has 0 aromatic rings. The largest absolute Gasteiger partial charge is 0.298 e. The Morgan fingerprint density at radius 1 is 1.45 bits per heavy atom. The third-order valence-electron chi connectivity index (χ3n) is 3.61. The molecule has 11 heavy (non-hydrogen) atoms. The fourth-order valence-corrected chi connectivity index (χ4v) is 3.25. The van der Waals surface area contributed by atoms with Gasteiger partial charge in [0.2, 0.25) is 0 Å². The smallest absolute Gasteiger partial charge is 0.150 e. The predicted octanol–water partition coefficient (Wildman–Crippen LogP) is 2.39.